The Morgan fingerprint density at radius 2 is 2.19 bits per heavy atom. The fourth-order valence-corrected chi connectivity index (χ4v) is 2.59. The number of carboxylic acids is 1. The lowest BCUT2D eigenvalue weighted by Gasteiger charge is -2.25. The van der Waals surface area contributed by atoms with E-state index in [9.17, 15) is 9.59 Å². The summed E-state index contributed by atoms with van der Waals surface area (Å²) >= 11 is 5.92. The van der Waals surface area contributed by atoms with Crippen molar-refractivity contribution >= 4 is 23.5 Å². The van der Waals surface area contributed by atoms with Crippen molar-refractivity contribution in [2.24, 2.45) is 5.92 Å². The van der Waals surface area contributed by atoms with Crippen molar-refractivity contribution in [1.82, 2.24) is 4.90 Å². The maximum atomic E-state index is 12.5. The molecule has 1 aliphatic rings. The summed E-state index contributed by atoms with van der Waals surface area (Å²) in [6.07, 6.45) is -0.250. The lowest BCUT2D eigenvalue weighted by Crippen LogP contribution is -2.45. The first-order valence-corrected chi connectivity index (χ1v) is 7.20. The van der Waals surface area contributed by atoms with Gasteiger partial charge in [-0.05, 0) is 29.7 Å². The highest BCUT2D eigenvalue weighted by Crippen LogP contribution is 2.31. The van der Waals surface area contributed by atoms with Gasteiger partial charge in [-0.3, -0.25) is 9.59 Å². The molecule has 0 bridgehead atoms. The number of rotatable bonds is 5. The summed E-state index contributed by atoms with van der Waals surface area (Å²) in [7, 11) is 0. The van der Waals surface area contributed by atoms with E-state index >= 15 is 0 Å². The van der Waals surface area contributed by atoms with E-state index in [2.05, 4.69) is 0 Å². The average molecular weight is 312 g/mol. The molecule has 21 heavy (non-hydrogen) atoms. The van der Waals surface area contributed by atoms with E-state index in [1.165, 1.54) is 4.90 Å². The highest BCUT2D eigenvalue weighted by Gasteiger charge is 2.33. The summed E-state index contributed by atoms with van der Waals surface area (Å²) in [5.41, 5.74) is 0.876. The van der Waals surface area contributed by atoms with Crippen LogP contribution in [0.2, 0.25) is 5.02 Å². The van der Waals surface area contributed by atoms with Crippen LogP contribution in [0, 0.1) is 5.92 Å². The molecule has 114 valence electrons. The zero-order chi connectivity index (χ0) is 15.6. The van der Waals surface area contributed by atoms with E-state index in [0.29, 0.717) is 23.7 Å². The van der Waals surface area contributed by atoms with E-state index < -0.39 is 12.1 Å². The number of hydrogen-bond acceptors (Lipinski definition) is 3. The number of fused-ring (bicyclic) bond motifs is 1. The summed E-state index contributed by atoms with van der Waals surface area (Å²) < 4.78 is 5.63. The normalized spacial score (nSPS) is 16.5. The van der Waals surface area contributed by atoms with Gasteiger partial charge in [-0.25, -0.2) is 0 Å². The number of carboxylic acid groups (broad SMARTS) is 1. The molecule has 0 saturated carbocycles. The minimum atomic E-state index is -1.03. The van der Waals surface area contributed by atoms with Crippen molar-refractivity contribution in [2.45, 2.75) is 26.4 Å². The van der Waals surface area contributed by atoms with Crippen LogP contribution in [-0.4, -0.2) is 41.1 Å². The number of nitrogens with zero attached hydrogens (tertiary/aromatic N) is 1. The molecule has 1 aromatic rings. The lowest BCUT2D eigenvalue weighted by molar-refractivity contribution is -0.147. The molecular formula is C15H18ClNO4. The Labute approximate surface area is 128 Å². The van der Waals surface area contributed by atoms with Crippen molar-refractivity contribution < 1.29 is 19.4 Å². The third-order valence-corrected chi connectivity index (χ3v) is 3.43. The number of hydrogen-bond donors (Lipinski definition) is 1. The van der Waals surface area contributed by atoms with E-state index in [1.54, 1.807) is 18.2 Å². The Morgan fingerprint density at radius 1 is 1.48 bits per heavy atom. The SMILES string of the molecule is CC(C)CN(CC(=O)O)C(=O)C1Cc2cc(Cl)ccc2O1. The molecule has 1 atom stereocenters. The fourth-order valence-electron chi connectivity index (χ4n) is 2.40. The number of carbonyl (C=O) groups excluding carboxylic acids is 1. The Kier molecular flexibility index (Phi) is 4.73. The van der Waals surface area contributed by atoms with Crippen molar-refractivity contribution in [3.63, 3.8) is 0 Å². The van der Waals surface area contributed by atoms with Gasteiger partial charge in [0.05, 0.1) is 0 Å². The predicted octanol–water partition coefficient (Wildman–Crippen LogP) is 2.21. The Morgan fingerprint density at radius 3 is 2.81 bits per heavy atom. The zero-order valence-corrected chi connectivity index (χ0v) is 12.8. The molecule has 0 fully saturated rings. The first-order chi connectivity index (χ1) is 9.86. The molecule has 0 aliphatic carbocycles. The van der Waals surface area contributed by atoms with Crippen LogP contribution in [-0.2, 0) is 16.0 Å². The van der Waals surface area contributed by atoms with Gasteiger partial charge in [0.1, 0.15) is 12.3 Å². The molecule has 0 saturated heterocycles. The number of halogens is 1. The molecule has 1 heterocycles. The van der Waals surface area contributed by atoms with Gasteiger partial charge in [-0.1, -0.05) is 25.4 Å². The largest absolute Gasteiger partial charge is 0.480 e. The Hall–Kier alpha value is -1.75. The highest BCUT2D eigenvalue weighted by atomic mass is 35.5. The van der Waals surface area contributed by atoms with Gasteiger partial charge in [-0.2, -0.15) is 0 Å². The van der Waals surface area contributed by atoms with Gasteiger partial charge in [0.15, 0.2) is 6.10 Å². The second-order valence-corrected chi connectivity index (χ2v) is 6.01. The third kappa shape index (κ3) is 3.88. The molecule has 5 nitrogen and oxygen atoms in total. The van der Waals surface area contributed by atoms with Gasteiger partial charge in [-0.15, -0.1) is 0 Å². The average Bonchev–Trinajstić information content (AvgIpc) is 2.78. The summed E-state index contributed by atoms with van der Waals surface area (Å²) in [6, 6.07) is 5.21. The van der Waals surface area contributed by atoms with Crippen molar-refractivity contribution in [3.8, 4) is 5.75 Å². The van der Waals surface area contributed by atoms with Gasteiger partial charge in [0.25, 0.3) is 5.91 Å². The van der Waals surface area contributed by atoms with Crippen LogP contribution in [0.3, 0.4) is 0 Å². The molecule has 1 N–H and O–H groups in total. The molecule has 2 rings (SSSR count). The van der Waals surface area contributed by atoms with Gasteiger partial charge >= 0.3 is 5.97 Å². The monoisotopic (exact) mass is 311 g/mol. The molecule has 0 radical (unpaired) electrons. The predicted molar refractivity (Wildman–Crippen MR) is 78.6 cm³/mol. The van der Waals surface area contributed by atoms with Crippen molar-refractivity contribution in [1.29, 1.82) is 0 Å². The number of amides is 1. The quantitative estimate of drug-likeness (QED) is 0.905. The first-order valence-electron chi connectivity index (χ1n) is 6.82. The number of ether oxygens (including phenoxy) is 1. The van der Waals surface area contributed by atoms with Crippen LogP contribution in [0.1, 0.15) is 19.4 Å². The van der Waals surface area contributed by atoms with Crippen molar-refractivity contribution in [3.05, 3.63) is 28.8 Å². The molecule has 0 spiro atoms. The molecule has 1 unspecified atom stereocenters. The Bertz CT molecular complexity index is 559. The number of benzene rings is 1. The molecular weight excluding hydrogens is 294 g/mol. The van der Waals surface area contributed by atoms with Crippen LogP contribution in [0.25, 0.3) is 0 Å². The maximum Gasteiger partial charge on any atom is 0.323 e. The second kappa shape index (κ2) is 6.35. The van der Waals surface area contributed by atoms with Crippen LogP contribution >= 0.6 is 11.6 Å². The zero-order valence-electron chi connectivity index (χ0n) is 12.0. The van der Waals surface area contributed by atoms with Gasteiger partial charge < -0.3 is 14.7 Å². The van der Waals surface area contributed by atoms with Crippen LogP contribution in [0.4, 0.5) is 0 Å². The molecule has 6 heteroatoms. The molecule has 1 amide bonds. The van der Waals surface area contributed by atoms with E-state index in [1.807, 2.05) is 13.8 Å². The van der Waals surface area contributed by atoms with Gasteiger partial charge in [0, 0.05) is 18.0 Å². The minimum Gasteiger partial charge on any atom is -0.480 e. The highest BCUT2D eigenvalue weighted by molar-refractivity contribution is 6.30. The van der Waals surface area contributed by atoms with Crippen LogP contribution in [0.15, 0.2) is 18.2 Å². The van der Waals surface area contributed by atoms with E-state index in [4.69, 9.17) is 21.4 Å². The molecule has 1 aromatic carbocycles. The lowest BCUT2D eigenvalue weighted by atomic mass is 10.1. The van der Waals surface area contributed by atoms with E-state index in [-0.39, 0.29) is 18.4 Å². The Balaban J connectivity index is 2.10. The van der Waals surface area contributed by atoms with Crippen LogP contribution < -0.4 is 4.74 Å². The smallest absolute Gasteiger partial charge is 0.323 e. The van der Waals surface area contributed by atoms with Crippen LogP contribution in [0.5, 0.6) is 5.75 Å². The second-order valence-electron chi connectivity index (χ2n) is 5.57. The first kappa shape index (κ1) is 15.6. The molecule has 1 aliphatic heterocycles. The topological polar surface area (TPSA) is 66.8 Å². The minimum absolute atomic E-state index is 0.187. The summed E-state index contributed by atoms with van der Waals surface area (Å²) in [6.45, 7) is 3.95. The summed E-state index contributed by atoms with van der Waals surface area (Å²) in [4.78, 5) is 24.7. The van der Waals surface area contributed by atoms with Gasteiger partial charge in [0.2, 0.25) is 0 Å². The molecule has 0 aromatic heterocycles. The maximum absolute atomic E-state index is 12.5. The fraction of sp³-hybridized carbons (Fsp3) is 0.467. The third-order valence-electron chi connectivity index (χ3n) is 3.20. The summed E-state index contributed by atoms with van der Waals surface area (Å²) in [5, 5.41) is 9.54. The van der Waals surface area contributed by atoms with Crippen molar-refractivity contribution in [2.75, 3.05) is 13.1 Å². The standard InChI is InChI=1S/C15H18ClNO4/c1-9(2)7-17(8-14(18)19)15(20)13-6-10-5-11(16)3-4-12(10)21-13/h3-5,9,13H,6-8H2,1-2H3,(H,18,19). The number of carbonyl (C=O) groups is 2. The number of aliphatic carboxylic acids is 1. The summed E-state index contributed by atoms with van der Waals surface area (Å²) in [5.74, 6) is -0.495. The van der Waals surface area contributed by atoms with E-state index in [0.717, 1.165) is 5.56 Å².